The highest BCUT2D eigenvalue weighted by Crippen LogP contribution is 2.30. The van der Waals surface area contributed by atoms with Crippen LogP contribution in [0.5, 0.6) is 11.5 Å². The summed E-state index contributed by atoms with van der Waals surface area (Å²) in [6.45, 7) is 5.99. The van der Waals surface area contributed by atoms with Crippen molar-refractivity contribution in [3.05, 3.63) is 54.1 Å². The monoisotopic (exact) mass is 571 g/mol. The normalized spacial score (nSPS) is 18.2. The standard InChI is InChI=1S/C31H45N3O5S/c1-3-4-22-38-31(30(35)32-23-25-8-6-5-7-9-25)18-20-34(21-19-31)24-26-10-14-28(15-11-26)39-29-16-12-27(13-17-29)33-40(2,36)37/h10-17,25,33H,3-9,18-24H2,1-2H3,(H,32,35). The molecule has 0 unspecified atom stereocenters. The van der Waals surface area contributed by atoms with Crippen molar-refractivity contribution in [2.45, 2.75) is 76.9 Å². The number of hydrogen-bond donors (Lipinski definition) is 2. The van der Waals surface area contributed by atoms with Crippen molar-refractivity contribution < 1.29 is 22.7 Å². The highest BCUT2D eigenvalue weighted by atomic mass is 32.2. The van der Waals surface area contributed by atoms with Crippen LogP contribution in [-0.4, -0.2) is 57.3 Å². The van der Waals surface area contributed by atoms with Crippen LogP contribution in [0.2, 0.25) is 0 Å². The first-order valence-electron chi connectivity index (χ1n) is 14.7. The van der Waals surface area contributed by atoms with Gasteiger partial charge in [0.05, 0.1) is 6.26 Å². The third-order valence-corrected chi connectivity index (χ3v) is 8.56. The molecule has 40 heavy (non-hydrogen) atoms. The zero-order chi connectivity index (χ0) is 28.4. The van der Waals surface area contributed by atoms with Crippen LogP contribution in [0, 0.1) is 5.92 Å². The second-order valence-corrected chi connectivity index (χ2v) is 13.1. The van der Waals surface area contributed by atoms with Gasteiger partial charge < -0.3 is 14.8 Å². The minimum absolute atomic E-state index is 0.0791. The van der Waals surface area contributed by atoms with Gasteiger partial charge in [-0.25, -0.2) is 8.42 Å². The number of rotatable bonds is 13. The van der Waals surface area contributed by atoms with Gasteiger partial charge in [0.25, 0.3) is 5.91 Å². The lowest BCUT2D eigenvalue weighted by atomic mass is 9.87. The van der Waals surface area contributed by atoms with Crippen LogP contribution >= 0.6 is 0 Å². The minimum atomic E-state index is -3.31. The summed E-state index contributed by atoms with van der Waals surface area (Å²) < 4.78 is 37.4. The van der Waals surface area contributed by atoms with Gasteiger partial charge in [0, 0.05) is 38.5 Å². The minimum Gasteiger partial charge on any atom is -0.457 e. The number of unbranched alkanes of at least 4 members (excludes halogenated alkanes) is 1. The Balaban J connectivity index is 1.28. The SMILES string of the molecule is CCCCOC1(C(=O)NCC2CCCCC2)CCN(Cc2ccc(Oc3ccc(NS(C)(=O)=O)cc3)cc2)CC1. The van der Waals surface area contributed by atoms with E-state index in [0.29, 0.717) is 42.6 Å². The Labute approximate surface area is 239 Å². The van der Waals surface area contributed by atoms with E-state index in [2.05, 4.69) is 34.0 Å². The van der Waals surface area contributed by atoms with Gasteiger partial charge in [0.1, 0.15) is 17.1 Å². The zero-order valence-corrected chi connectivity index (χ0v) is 24.8. The molecule has 9 heteroatoms. The number of sulfonamides is 1. The first kappa shape index (κ1) is 30.3. The van der Waals surface area contributed by atoms with Crippen LogP contribution in [0.25, 0.3) is 0 Å². The molecule has 0 spiro atoms. The first-order valence-corrected chi connectivity index (χ1v) is 16.6. The molecule has 0 aromatic heterocycles. The predicted molar refractivity (Wildman–Crippen MR) is 159 cm³/mol. The fraction of sp³-hybridized carbons (Fsp3) is 0.581. The molecule has 2 fully saturated rings. The maximum absolute atomic E-state index is 13.4. The summed E-state index contributed by atoms with van der Waals surface area (Å²) in [5, 5.41) is 3.27. The lowest BCUT2D eigenvalue weighted by Crippen LogP contribution is -2.56. The average Bonchev–Trinajstić information content (AvgIpc) is 2.95. The number of anilines is 1. The Bertz CT molecular complexity index is 1170. The summed E-state index contributed by atoms with van der Waals surface area (Å²) in [6.07, 6.45) is 10.9. The molecule has 8 nitrogen and oxygen atoms in total. The molecular formula is C31H45N3O5S. The summed E-state index contributed by atoms with van der Waals surface area (Å²) in [5.41, 5.74) is 0.958. The molecule has 4 rings (SSSR count). The fourth-order valence-corrected chi connectivity index (χ4v) is 6.14. The van der Waals surface area contributed by atoms with Crippen LogP contribution < -0.4 is 14.8 Å². The summed E-state index contributed by atoms with van der Waals surface area (Å²) >= 11 is 0. The molecule has 0 atom stereocenters. The van der Waals surface area contributed by atoms with E-state index in [0.717, 1.165) is 45.3 Å². The Kier molecular flexibility index (Phi) is 10.9. The highest BCUT2D eigenvalue weighted by Gasteiger charge is 2.42. The number of amides is 1. The van der Waals surface area contributed by atoms with Gasteiger partial charge in [-0.05, 0) is 80.0 Å². The Morgan fingerprint density at radius 1 is 0.975 bits per heavy atom. The third-order valence-electron chi connectivity index (χ3n) is 7.95. The topological polar surface area (TPSA) is 97.0 Å². The number of hydrogen-bond acceptors (Lipinski definition) is 6. The molecule has 2 aliphatic rings. The molecule has 1 aliphatic carbocycles. The molecular weight excluding hydrogens is 526 g/mol. The maximum atomic E-state index is 13.4. The highest BCUT2D eigenvalue weighted by molar-refractivity contribution is 7.92. The van der Waals surface area contributed by atoms with Crippen molar-refractivity contribution >= 4 is 21.6 Å². The predicted octanol–water partition coefficient (Wildman–Crippen LogP) is 5.70. The van der Waals surface area contributed by atoms with Gasteiger partial charge in [-0.1, -0.05) is 44.7 Å². The molecule has 0 radical (unpaired) electrons. The van der Waals surface area contributed by atoms with E-state index in [4.69, 9.17) is 9.47 Å². The molecule has 0 bridgehead atoms. The maximum Gasteiger partial charge on any atom is 0.252 e. The van der Waals surface area contributed by atoms with Crippen LogP contribution in [0.15, 0.2) is 48.5 Å². The second kappa shape index (κ2) is 14.3. The van der Waals surface area contributed by atoms with Gasteiger partial charge in [0.15, 0.2) is 0 Å². The van der Waals surface area contributed by atoms with Gasteiger partial charge in [0.2, 0.25) is 10.0 Å². The van der Waals surface area contributed by atoms with Crippen LogP contribution in [0.4, 0.5) is 5.69 Å². The lowest BCUT2D eigenvalue weighted by Gasteiger charge is -2.41. The summed E-state index contributed by atoms with van der Waals surface area (Å²) in [5.74, 6) is 2.03. The Morgan fingerprint density at radius 2 is 1.60 bits per heavy atom. The molecule has 1 aliphatic heterocycles. The van der Waals surface area contributed by atoms with E-state index in [1.54, 1.807) is 24.3 Å². The average molecular weight is 572 g/mol. The zero-order valence-electron chi connectivity index (χ0n) is 24.0. The van der Waals surface area contributed by atoms with Gasteiger partial charge >= 0.3 is 0 Å². The van der Waals surface area contributed by atoms with Crippen molar-refractivity contribution in [2.24, 2.45) is 5.92 Å². The molecule has 2 aromatic carbocycles. The van der Waals surface area contributed by atoms with Crippen LogP contribution in [-0.2, 0) is 26.1 Å². The van der Waals surface area contributed by atoms with Crippen molar-refractivity contribution in [3.63, 3.8) is 0 Å². The van der Waals surface area contributed by atoms with E-state index in [1.807, 2.05) is 12.1 Å². The number of benzene rings is 2. The van der Waals surface area contributed by atoms with Crippen molar-refractivity contribution in [2.75, 3.05) is 37.2 Å². The van der Waals surface area contributed by atoms with E-state index >= 15 is 0 Å². The number of ether oxygens (including phenoxy) is 2. The summed E-state index contributed by atoms with van der Waals surface area (Å²) in [6, 6.07) is 14.8. The third kappa shape index (κ3) is 9.21. The van der Waals surface area contributed by atoms with Gasteiger partial charge in [-0.3, -0.25) is 14.4 Å². The number of nitrogens with zero attached hydrogens (tertiary/aromatic N) is 1. The number of carbonyl (C=O) groups is 1. The fourth-order valence-electron chi connectivity index (χ4n) is 5.57. The number of likely N-dealkylation sites (tertiary alicyclic amines) is 1. The van der Waals surface area contributed by atoms with E-state index in [1.165, 1.54) is 37.7 Å². The number of nitrogens with one attached hydrogen (secondary N) is 2. The Morgan fingerprint density at radius 3 is 2.20 bits per heavy atom. The molecule has 1 amide bonds. The quantitative estimate of drug-likeness (QED) is 0.300. The van der Waals surface area contributed by atoms with Gasteiger partial charge in [-0.2, -0.15) is 0 Å². The molecule has 1 heterocycles. The summed E-state index contributed by atoms with van der Waals surface area (Å²) in [4.78, 5) is 15.8. The van der Waals surface area contributed by atoms with Gasteiger partial charge in [-0.15, -0.1) is 0 Å². The molecule has 2 aromatic rings. The van der Waals surface area contributed by atoms with Crippen molar-refractivity contribution in [1.82, 2.24) is 10.2 Å². The Hall–Kier alpha value is -2.62. The first-order chi connectivity index (χ1) is 19.2. The smallest absolute Gasteiger partial charge is 0.252 e. The van der Waals surface area contributed by atoms with E-state index in [9.17, 15) is 13.2 Å². The number of piperidine rings is 1. The number of carbonyl (C=O) groups excluding carboxylic acids is 1. The second-order valence-electron chi connectivity index (χ2n) is 11.3. The lowest BCUT2D eigenvalue weighted by molar-refractivity contribution is -0.155. The van der Waals surface area contributed by atoms with E-state index in [-0.39, 0.29) is 5.91 Å². The van der Waals surface area contributed by atoms with Crippen molar-refractivity contribution in [3.8, 4) is 11.5 Å². The van der Waals surface area contributed by atoms with Crippen LogP contribution in [0.1, 0.15) is 70.3 Å². The largest absolute Gasteiger partial charge is 0.457 e. The summed E-state index contributed by atoms with van der Waals surface area (Å²) in [7, 11) is -3.31. The van der Waals surface area contributed by atoms with E-state index < -0.39 is 15.6 Å². The molecule has 1 saturated carbocycles. The molecule has 220 valence electrons. The van der Waals surface area contributed by atoms with Crippen molar-refractivity contribution in [1.29, 1.82) is 0 Å². The van der Waals surface area contributed by atoms with Crippen LogP contribution in [0.3, 0.4) is 0 Å². The molecule has 1 saturated heterocycles. The molecule has 2 N–H and O–H groups in total.